The molecule has 100 valence electrons. The van der Waals surface area contributed by atoms with Crippen molar-refractivity contribution >= 4 is 26.7 Å². The second kappa shape index (κ2) is 6.31. The van der Waals surface area contributed by atoms with Crippen LogP contribution in [0, 0.1) is 0 Å². The molecular weight excluding hydrogens is 310 g/mol. The molecule has 0 spiro atoms. The van der Waals surface area contributed by atoms with Crippen LogP contribution in [0.2, 0.25) is 0 Å². The quantitative estimate of drug-likeness (QED) is 0.898. The number of halogens is 1. The summed E-state index contributed by atoms with van der Waals surface area (Å²) < 4.78 is 12.5. The fraction of sp³-hybridized carbons (Fsp3) is 0.571. The molecule has 2 nitrogen and oxygen atoms in total. The van der Waals surface area contributed by atoms with Gasteiger partial charge < -0.3 is 5.32 Å². The average molecular weight is 330 g/mol. The van der Waals surface area contributed by atoms with Gasteiger partial charge in [0.05, 0.1) is 0 Å². The first-order valence-electron chi connectivity index (χ1n) is 6.42. The van der Waals surface area contributed by atoms with E-state index in [1.807, 2.05) is 0 Å². The van der Waals surface area contributed by atoms with Gasteiger partial charge in [0.25, 0.3) is 0 Å². The third-order valence-corrected chi connectivity index (χ3v) is 5.83. The van der Waals surface area contributed by atoms with E-state index >= 15 is 0 Å². The summed E-state index contributed by atoms with van der Waals surface area (Å²) in [6, 6.07) is 6.90. The van der Waals surface area contributed by atoms with Gasteiger partial charge in [0.15, 0.2) is 0 Å². The Bertz CT molecular complexity index is 449. The highest BCUT2D eigenvalue weighted by Crippen LogP contribution is 2.35. The van der Waals surface area contributed by atoms with Crippen molar-refractivity contribution in [1.29, 1.82) is 0 Å². The lowest BCUT2D eigenvalue weighted by atomic mass is 10.1. The highest BCUT2D eigenvalue weighted by molar-refractivity contribution is 9.10. The van der Waals surface area contributed by atoms with Crippen LogP contribution in [-0.4, -0.2) is 22.3 Å². The lowest BCUT2D eigenvalue weighted by Crippen LogP contribution is -2.24. The van der Waals surface area contributed by atoms with Gasteiger partial charge >= 0.3 is 0 Å². The summed E-state index contributed by atoms with van der Waals surface area (Å²) in [6.07, 6.45) is 5.07. The summed E-state index contributed by atoms with van der Waals surface area (Å²) in [4.78, 5) is 0. The van der Waals surface area contributed by atoms with Crippen LogP contribution in [0.4, 0.5) is 0 Å². The Kier molecular flexibility index (Phi) is 4.98. The Morgan fingerprint density at radius 2 is 2.33 bits per heavy atom. The average Bonchev–Trinajstić information content (AvgIpc) is 2.74. The maximum Gasteiger partial charge on any atom is 0.0329 e. The second-order valence-corrected chi connectivity index (χ2v) is 7.61. The van der Waals surface area contributed by atoms with Crippen LogP contribution in [0.15, 0.2) is 22.7 Å². The fourth-order valence-electron chi connectivity index (χ4n) is 2.45. The molecule has 3 unspecified atom stereocenters. The number of rotatable bonds is 5. The largest absolute Gasteiger partial charge is 0.310 e. The Labute approximate surface area is 120 Å². The van der Waals surface area contributed by atoms with Crippen molar-refractivity contribution in [2.45, 2.75) is 37.5 Å². The van der Waals surface area contributed by atoms with Crippen molar-refractivity contribution in [3.8, 4) is 0 Å². The molecule has 2 rings (SSSR count). The van der Waals surface area contributed by atoms with Gasteiger partial charge in [-0.2, -0.15) is 0 Å². The Morgan fingerprint density at radius 1 is 1.56 bits per heavy atom. The van der Waals surface area contributed by atoms with Crippen molar-refractivity contribution in [2.75, 3.05) is 12.8 Å². The standard InChI is InChI=1S/C14H20BrNOS/c1-10(18(2)17)8-9-16-14-7-6-11-12(14)4-3-5-13(11)15/h3-5,10,14,16H,6-9H2,1-2H3. The molecular formula is C14H20BrNOS. The molecule has 1 aromatic carbocycles. The van der Waals surface area contributed by atoms with Crippen LogP contribution >= 0.6 is 15.9 Å². The van der Waals surface area contributed by atoms with E-state index in [-0.39, 0.29) is 5.25 Å². The normalized spacial score (nSPS) is 21.6. The van der Waals surface area contributed by atoms with E-state index in [4.69, 9.17) is 0 Å². The molecule has 0 saturated heterocycles. The third-order valence-electron chi connectivity index (χ3n) is 3.72. The van der Waals surface area contributed by atoms with Gasteiger partial charge in [-0.05, 0) is 43.0 Å². The zero-order valence-corrected chi connectivity index (χ0v) is 13.3. The number of hydrogen-bond acceptors (Lipinski definition) is 2. The summed E-state index contributed by atoms with van der Waals surface area (Å²) in [5.74, 6) is 0. The highest BCUT2D eigenvalue weighted by atomic mass is 79.9. The minimum Gasteiger partial charge on any atom is -0.310 e. The molecule has 1 aliphatic rings. The van der Waals surface area contributed by atoms with Crippen molar-refractivity contribution < 1.29 is 4.21 Å². The molecule has 18 heavy (non-hydrogen) atoms. The zero-order valence-electron chi connectivity index (χ0n) is 10.9. The minimum atomic E-state index is -0.710. The van der Waals surface area contributed by atoms with Crippen LogP contribution in [-0.2, 0) is 17.2 Å². The maximum atomic E-state index is 11.3. The van der Waals surface area contributed by atoms with E-state index in [1.54, 1.807) is 6.26 Å². The van der Waals surface area contributed by atoms with Gasteiger partial charge in [0.2, 0.25) is 0 Å². The molecule has 0 aliphatic heterocycles. The van der Waals surface area contributed by atoms with E-state index in [1.165, 1.54) is 22.0 Å². The van der Waals surface area contributed by atoms with Crippen LogP contribution < -0.4 is 5.32 Å². The van der Waals surface area contributed by atoms with E-state index in [0.717, 1.165) is 19.4 Å². The van der Waals surface area contributed by atoms with Crippen LogP contribution in [0.1, 0.15) is 36.9 Å². The lowest BCUT2D eigenvalue weighted by Gasteiger charge is -2.15. The first-order chi connectivity index (χ1) is 8.59. The third kappa shape index (κ3) is 3.22. The molecule has 0 radical (unpaired) electrons. The second-order valence-electron chi connectivity index (χ2n) is 4.95. The topological polar surface area (TPSA) is 29.1 Å². The van der Waals surface area contributed by atoms with Gasteiger partial charge in [-0.1, -0.05) is 35.0 Å². The smallest absolute Gasteiger partial charge is 0.0329 e. The van der Waals surface area contributed by atoms with Gasteiger partial charge in [-0.3, -0.25) is 4.21 Å². The Hall–Kier alpha value is -0.190. The summed E-state index contributed by atoms with van der Waals surface area (Å²) in [5.41, 5.74) is 2.87. The predicted molar refractivity (Wildman–Crippen MR) is 81.4 cm³/mol. The van der Waals surface area contributed by atoms with E-state index < -0.39 is 10.8 Å². The number of nitrogens with one attached hydrogen (secondary N) is 1. The molecule has 3 atom stereocenters. The molecule has 0 bridgehead atoms. The molecule has 0 amide bonds. The predicted octanol–water partition coefficient (Wildman–Crippen LogP) is 3.18. The maximum absolute atomic E-state index is 11.3. The van der Waals surface area contributed by atoms with Gasteiger partial charge in [-0.25, -0.2) is 0 Å². The van der Waals surface area contributed by atoms with Crippen molar-refractivity contribution in [3.05, 3.63) is 33.8 Å². The molecule has 0 aromatic heterocycles. The number of fused-ring (bicyclic) bond motifs is 1. The van der Waals surface area contributed by atoms with Crippen molar-refractivity contribution in [1.82, 2.24) is 5.32 Å². The first kappa shape index (κ1) is 14.2. The number of benzene rings is 1. The molecule has 4 heteroatoms. The Morgan fingerprint density at radius 3 is 3.06 bits per heavy atom. The Balaban J connectivity index is 1.90. The minimum absolute atomic E-state index is 0.279. The van der Waals surface area contributed by atoms with Crippen molar-refractivity contribution in [3.63, 3.8) is 0 Å². The summed E-state index contributed by atoms with van der Waals surface area (Å²) >= 11 is 3.62. The number of hydrogen-bond donors (Lipinski definition) is 1. The molecule has 1 aromatic rings. The van der Waals surface area contributed by atoms with Crippen molar-refractivity contribution in [2.24, 2.45) is 0 Å². The zero-order chi connectivity index (χ0) is 13.1. The first-order valence-corrected chi connectivity index (χ1v) is 8.84. The molecule has 1 aliphatic carbocycles. The lowest BCUT2D eigenvalue weighted by molar-refractivity contribution is 0.518. The SMILES string of the molecule is CC(CCNC1CCc2c(Br)cccc21)S(C)=O. The summed E-state index contributed by atoms with van der Waals surface area (Å²) in [6.45, 7) is 2.99. The van der Waals surface area contributed by atoms with Crippen LogP contribution in [0.25, 0.3) is 0 Å². The fourth-order valence-corrected chi connectivity index (χ4v) is 3.48. The molecule has 0 fully saturated rings. The van der Waals surface area contributed by atoms with Crippen LogP contribution in [0.3, 0.4) is 0 Å². The van der Waals surface area contributed by atoms with Gasteiger partial charge in [0.1, 0.15) is 0 Å². The highest BCUT2D eigenvalue weighted by Gasteiger charge is 2.23. The van der Waals surface area contributed by atoms with Gasteiger partial charge in [0, 0.05) is 32.8 Å². The summed E-state index contributed by atoms with van der Waals surface area (Å²) in [7, 11) is -0.710. The van der Waals surface area contributed by atoms with E-state index in [0.29, 0.717) is 6.04 Å². The molecule has 1 N–H and O–H groups in total. The van der Waals surface area contributed by atoms with E-state index in [9.17, 15) is 4.21 Å². The van der Waals surface area contributed by atoms with Gasteiger partial charge in [-0.15, -0.1) is 0 Å². The molecule has 0 saturated carbocycles. The monoisotopic (exact) mass is 329 g/mol. The molecule has 0 heterocycles. The summed E-state index contributed by atoms with van der Waals surface area (Å²) in [5, 5.41) is 3.87. The van der Waals surface area contributed by atoms with E-state index in [2.05, 4.69) is 46.4 Å². The van der Waals surface area contributed by atoms with Crippen LogP contribution in [0.5, 0.6) is 0 Å².